The van der Waals surface area contributed by atoms with Crippen LogP contribution in [0.1, 0.15) is 61.1 Å². The molecule has 0 bridgehead atoms. The maximum Gasteiger partial charge on any atom is 0.284 e. The van der Waals surface area contributed by atoms with Crippen molar-refractivity contribution in [1.29, 1.82) is 0 Å². The van der Waals surface area contributed by atoms with Crippen LogP contribution in [-0.4, -0.2) is 56.6 Å². The third-order valence-electron chi connectivity index (χ3n) is 7.37. The van der Waals surface area contributed by atoms with Gasteiger partial charge in [-0.1, -0.05) is 6.92 Å². The summed E-state index contributed by atoms with van der Waals surface area (Å²) in [6, 6.07) is 1.93. The van der Waals surface area contributed by atoms with Crippen molar-refractivity contribution in [3.8, 4) is 0 Å². The molecule has 34 heavy (non-hydrogen) atoms. The first-order valence-electron chi connectivity index (χ1n) is 11.8. The van der Waals surface area contributed by atoms with E-state index in [9.17, 15) is 13.6 Å². The Hall–Kier alpha value is -3.08. The summed E-state index contributed by atoms with van der Waals surface area (Å²) in [6.45, 7) is 5.47. The first-order valence-corrected chi connectivity index (χ1v) is 11.8. The Kier molecular flexibility index (Phi) is 5.05. The zero-order chi connectivity index (χ0) is 23.4. The number of carbonyl (C=O) groups is 1. The number of amides is 1. The number of nitrogens with zero attached hydrogens (tertiary/aromatic N) is 6. The van der Waals surface area contributed by atoms with Gasteiger partial charge in [0.05, 0.1) is 36.6 Å². The number of ether oxygens (including phenoxy) is 1. The summed E-state index contributed by atoms with van der Waals surface area (Å²) in [5.74, 6) is 0.857. The number of rotatable bonds is 5. The third kappa shape index (κ3) is 3.62. The summed E-state index contributed by atoms with van der Waals surface area (Å²) in [7, 11) is 0. The number of anilines is 2. The van der Waals surface area contributed by atoms with Gasteiger partial charge in [0, 0.05) is 25.5 Å². The van der Waals surface area contributed by atoms with E-state index in [2.05, 4.69) is 32.3 Å². The lowest BCUT2D eigenvalue weighted by atomic mass is 9.78. The van der Waals surface area contributed by atoms with Crippen molar-refractivity contribution in [1.82, 2.24) is 24.4 Å². The van der Waals surface area contributed by atoms with E-state index in [-0.39, 0.29) is 22.7 Å². The summed E-state index contributed by atoms with van der Waals surface area (Å²) >= 11 is 0. The number of fused-ring (bicyclic) bond motifs is 1. The molecular formula is C23H27F2N7O2. The largest absolute Gasteiger partial charge is 0.380 e. The van der Waals surface area contributed by atoms with Gasteiger partial charge in [0.15, 0.2) is 11.3 Å². The Morgan fingerprint density at radius 2 is 2.00 bits per heavy atom. The minimum Gasteiger partial charge on any atom is -0.380 e. The molecule has 0 radical (unpaired) electrons. The molecule has 1 saturated carbocycles. The fraction of sp³-hybridized carbons (Fsp3) is 0.565. The van der Waals surface area contributed by atoms with Crippen molar-refractivity contribution in [2.75, 3.05) is 36.5 Å². The number of aromatic nitrogens is 5. The predicted octanol–water partition coefficient (Wildman–Crippen LogP) is 3.70. The molecule has 3 aromatic heterocycles. The van der Waals surface area contributed by atoms with Crippen LogP contribution in [0.25, 0.3) is 5.65 Å². The fourth-order valence-electron chi connectivity index (χ4n) is 5.24. The van der Waals surface area contributed by atoms with Gasteiger partial charge in [-0.15, -0.1) is 0 Å². The van der Waals surface area contributed by atoms with E-state index in [1.54, 1.807) is 10.9 Å². The summed E-state index contributed by atoms with van der Waals surface area (Å²) in [5.41, 5.74) is 0.460. The van der Waals surface area contributed by atoms with Gasteiger partial charge in [0.2, 0.25) is 0 Å². The maximum absolute atomic E-state index is 13.7. The van der Waals surface area contributed by atoms with Gasteiger partial charge in [-0.05, 0) is 37.7 Å². The van der Waals surface area contributed by atoms with Crippen molar-refractivity contribution < 1.29 is 18.3 Å². The summed E-state index contributed by atoms with van der Waals surface area (Å²) in [4.78, 5) is 19.9. The second kappa shape index (κ2) is 8.00. The van der Waals surface area contributed by atoms with Crippen molar-refractivity contribution in [2.24, 2.45) is 11.3 Å². The number of nitrogens with one attached hydrogen (secondary N) is 1. The van der Waals surface area contributed by atoms with E-state index in [4.69, 9.17) is 4.74 Å². The number of carbonyl (C=O) groups excluding carboxylic acids is 1. The van der Waals surface area contributed by atoms with Gasteiger partial charge in [-0.3, -0.25) is 9.48 Å². The van der Waals surface area contributed by atoms with E-state index in [1.165, 1.54) is 16.9 Å². The van der Waals surface area contributed by atoms with Crippen molar-refractivity contribution in [3.05, 3.63) is 35.9 Å². The van der Waals surface area contributed by atoms with E-state index < -0.39 is 18.0 Å². The molecule has 0 atom stereocenters. The number of hydrogen-bond acceptors (Lipinski definition) is 6. The lowest BCUT2D eigenvalue weighted by Crippen LogP contribution is -2.66. The van der Waals surface area contributed by atoms with Crippen LogP contribution in [0.4, 0.5) is 20.3 Å². The highest BCUT2D eigenvalue weighted by Crippen LogP contribution is 2.39. The predicted molar refractivity (Wildman–Crippen MR) is 120 cm³/mol. The second-order valence-electron chi connectivity index (χ2n) is 10.0. The fourth-order valence-corrected chi connectivity index (χ4v) is 5.24. The van der Waals surface area contributed by atoms with Gasteiger partial charge in [-0.2, -0.15) is 10.2 Å². The molecule has 3 aromatic rings. The summed E-state index contributed by atoms with van der Waals surface area (Å²) < 4.78 is 35.9. The highest BCUT2D eigenvalue weighted by atomic mass is 19.3. The molecule has 1 spiro atoms. The molecule has 2 aliphatic heterocycles. The molecule has 180 valence electrons. The molecule has 0 aromatic carbocycles. The Morgan fingerprint density at radius 3 is 2.68 bits per heavy atom. The van der Waals surface area contributed by atoms with Crippen LogP contribution in [0.2, 0.25) is 0 Å². The molecule has 1 amide bonds. The number of hydrogen-bond donors (Lipinski definition) is 1. The van der Waals surface area contributed by atoms with Crippen LogP contribution in [0.15, 0.2) is 24.7 Å². The lowest BCUT2D eigenvalue weighted by molar-refractivity contribution is -0.127. The minimum atomic E-state index is -2.79. The molecule has 1 N–H and O–H groups in total. The molecule has 1 aliphatic carbocycles. The Labute approximate surface area is 195 Å². The summed E-state index contributed by atoms with van der Waals surface area (Å²) in [6.07, 6.45) is 5.77. The zero-order valence-electron chi connectivity index (χ0n) is 19.0. The molecule has 6 rings (SSSR count). The quantitative estimate of drug-likeness (QED) is 0.610. The Bertz CT molecular complexity index is 1220. The lowest BCUT2D eigenvalue weighted by Gasteiger charge is -2.55. The smallest absolute Gasteiger partial charge is 0.284 e. The van der Waals surface area contributed by atoms with Gasteiger partial charge < -0.3 is 15.0 Å². The van der Waals surface area contributed by atoms with E-state index >= 15 is 0 Å². The minimum absolute atomic E-state index is 0.0313. The molecule has 9 nitrogen and oxygen atoms in total. The highest BCUT2D eigenvalue weighted by molar-refractivity contribution is 6.08. The molecular weight excluding hydrogens is 444 g/mol. The zero-order valence-corrected chi connectivity index (χ0v) is 19.0. The van der Waals surface area contributed by atoms with Gasteiger partial charge in [0.1, 0.15) is 11.4 Å². The summed E-state index contributed by atoms with van der Waals surface area (Å²) in [5, 5.41) is 11.0. The molecule has 3 aliphatic rings. The first kappa shape index (κ1) is 21.5. The topological polar surface area (TPSA) is 89.6 Å². The van der Waals surface area contributed by atoms with Crippen LogP contribution >= 0.6 is 0 Å². The Morgan fingerprint density at radius 1 is 1.24 bits per heavy atom. The van der Waals surface area contributed by atoms with Crippen LogP contribution in [0.5, 0.6) is 0 Å². The van der Waals surface area contributed by atoms with Gasteiger partial charge in [0.25, 0.3) is 12.3 Å². The van der Waals surface area contributed by atoms with Gasteiger partial charge in [-0.25, -0.2) is 18.3 Å². The first-order chi connectivity index (χ1) is 16.4. The molecule has 5 heterocycles. The van der Waals surface area contributed by atoms with E-state index in [1.807, 2.05) is 6.07 Å². The number of alkyl halides is 2. The SMILES string of the molecule is C[C@H]1CC[C@H](n2cc(NC(=O)c3cnn4ccc(N5CC6(COC6)C5)nc34)c(C(F)F)n2)CC1. The highest BCUT2D eigenvalue weighted by Gasteiger charge is 2.49. The van der Waals surface area contributed by atoms with Crippen LogP contribution < -0.4 is 10.2 Å². The van der Waals surface area contributed by atoms with Crippen molar-refractivity contribution in [3.63, 3.8) is 0 Å². The average Bonchev–Trinajstić information content (AvgIpc) is 3.36. The monoisotopic (exact) mass is 471 g/mol. The Balaban J connectivity index is 1.23. The van der Waals surface area contributed by atoms with Crippen LogP contribution in [-0.2, 0) is 4.74 Å². The molecule has 0 unspecified atom stereocenters. The maximum atomic E-state index is 13.7. The average molecular weight is 472 g/mol. The van der Waals surface area contributed by atoms with Crippen LogP contribution in [0, 0.1) is 11.3 Å². The van der Waals surface area contributed by atoms with E-state index in [0.29, 0.717) is 11.6 Å². The normalized spacial score (nSPS) is 23.8. The second-order valence-corrected chi connectivity index (χ2v) is 10.0. The molecule has 2 saturated heterocycles. The van der Waals surface area contributed by atoms with Gasteiger partial charge >= 0.3 is 0 Å². The standard InChI is InChI=1S/C23H27F2N7O2/c1-14-2-4-15(5-3-14)32-9-17(19(29-32)20(24)25)27-22(33)16-8-26-31-7-6-18(28-21(16)31)30-10-23(11-30)12-34-13-23/h6-9,14-15,20H,2-5,10-13H2,1H3,(H,27,33)/t14-,15-. The van der Waals surface area contributed by atoms with Crippen LogP contribution in [0.3, 0.4) is 0 Å². The van der Waals surface area contributed by atoms with Crippen molar-refractivity contribution in [2.45, 2.75) is 45.1 Å². The number of halogens is 2. The third-order valence-corrected chi connectivity index (χ3v) is 7.37. The van der Waals surface area contributed by atoms with Crippen molar-refractivity contribution >= 4 is 23.1 Å². The van der Waals surface area contributed by atoms with E-state index in [0.717, 1.165) is 57.8 Å². The molecule has 3 fully saturated rings. The molecule has 11 heteroatoms.